The number of rotatable bonds is 2. The topological polar surface area (TPSA) is 72.8 Å². The molecule has 4 atom stereocenters. The Balaban J connectivity index is 1.81. The second-order valence-corrected chi connectivity index (χ2v) is 7.71. The third-order valence-electron chi connectivity index (χ3n) is 6.75. The first-order chi connectivity index (χ1) is 12.4. The van der Waals surface area contributed by atoms with Crippen LogP contribution in [0.3, 0.4) is 0 Å². The number of carboxylic acids is 1. The first-order valence-corrected chi connectivity index (χ1v) is 9.22. The summed E-state index contributed by atoms with van der Waals surface area (Å²) >= 11 is 0. The lowest BCUT2D eigenvalue weighted by Crippen LogP contribution is -2.61. The lowest BCUT2D eigenvalue weighted by molar-refractivity contribution is -0.236. The fraction of sp³-hybridized carbons (Fsp3) is 0.600. The molecule has 2 saturated carbocycles. The van der Waals surface area contributed by atoms with E-state index in [0.717, 1.165) is 0 Å². The number of carboxylic acid groups (broad SMARTS) is 1. The molecule has 2 aliphatic carbocycles. The Morgan fingerprint density at radius 1 is 1.15 bits per heavy atom. The normalized spacial score (nSPS) is 36.1. The summed E-state index contributed by atoms with van der Waals surface area (Å²) in [4.78, 5) is 25.1. The Kier molecular flexibility index (Phi) is 4.15. The minimum Gasteiger partial charge on any atom is -0.481 e. The van der Waals surface area contributed by atoms with Gasteiger partial charge in [0, 0.05) is 12.3 Å². The Morgan fingerprint density at radius 3 is 2.42 bits per heavy atom. The van der Waals surface area contributed by atoms with Gasteiger partial charge in [-0.1, -0.05) is 19.1 Å². The van der Waals surface area contributed by atoms with E-state index >= 15 is 0 Å². The highest BCUT2D eigenvalue weighted by atomic mass is 19.1. The van der Waals surface area contributed by atoms with E-state index < -0.39 is 23.1 Å². The van der Waals surface area contributed by atoms with Crippen molar-refractivity contribution in [3.63, 3.8) is 0 Å². The summed E-state index contributed by atoms with van der Waals surface area (Å²) in [5.41, 5.74) is -0.214. The zero-order valence-corrected chi connectivity index (χ0v) is 14.7. The van der Waals surface area contributed by atoms with Gasteiger partial charge >= 0.3 is 5.97 Å². The number of ketones is 1. The predicted molar refractivity (Wildman–Crippen MR) is 90.0 cm³/mol. The van der Waals surface area contributed by atoms with E-state index in [-0.39, 0.29) is 23.4 Å². The number of aliphatic carboxylic acids is 1. The molecule has 3 aliphatic rings. The molecule has 1 heterocycles. The Labute approximate surface area is 151 Å². The maximum absolute atomic E-state index is 13.5. The summed E-state index contributed by atoms with van der Waals surface area (Å²) in [7, 11) is 0. The van der Waals surface area contributed by atoms with E-state index in [9.17, 15) is 19.1 Å². The van der Waals surface area contributed by atoms with E-state index in [1.807, 2.05) is 6.92 Å². The van der Waals surface area contributed by atoms with Crippen LogP contribution in [0.15, 0.2) is 24.3 Å². The Hall–Kier alpha value is -1.79. The smallest absolute Gasteiger partial charge is 0.314 e. The molecule has 0 amide bonds. The minimum absolute atomic E-state index is 0.0532. The van der Waals surface area contributed by atoms with Crippen molar-refractivity contribution >= 4 is 11.8 Å². The number of carbonyl (C=O) groups is 2. The minimum atomic E-state index is -1.07. The fourth-order valence-electron chi connectivity index (χ4n) is 5.47. The van der Waals surface area contributed by atoms with Gasteiger partial charge in [0.05, 0.1) is 18.6 Å². The van der Waals surface area contributed by atoms with Gasteiger partial charge in [-0.2, -0.15) is 0 Å². The van der Waals surface area contributed by atoms with E-state index in [0.29, 0.717) is 44.5 Å². The fourth-order valence-corrected chi connectivity index (χ4v) is 5.47. The maximum Gasteiger partial charge on any atom is 0.314 e. The molecule has 1 unspecified atom stereocenters. The van der Waals surface area contributed by atoms with Crippen LogP contribution in [0, 0.1) is 23.6 Å². The molecule has 140 valence electrons. The second kappa shape index (κ2) is 6.13. The summed E-state index contributed by atoms with van der Waals surface area (Å²) in [5.74, 6) is -3.55. The van der Waals surface area contributed by atoms with Gasteiger partial charge in [0.1, 0.15) is 11.7 Å². The lowest BCUT2D eigenvalue weighted by Gasteiger charge is -2.55. The van der Waals surface area contributed by atoms with E-state index in [1.54, 1.807) is 12.1 Å². The van der Waals surface area contributed by atoms with Gasteiger partial charge in [-0.05, 0) is 42.9 Å². The van der Waals surface area contributed by atoms with Crippen molar-refractivity contribution in [3.05, 3.63) is 35.6 Å². The van der Waals surface area contributed by atoms with E-state index in [1.165, 1.54) is 12.1 Å². The highest BCUT2D eigenvalue weighted by Crippen LogP contribution is 2.58. The molecular formula is C20H23FO5. The molecule has 26 heavy (non-hydrogen) atoms. The molecule has 1 spiro atoms. The molecule has 1 aromatic carbocycles. The van der Waals surface area contributed by atoms with Gasteiger partial charge in [0.2, 0.25) is 0 Å². The van der Waals surface area contributed by atoms with Gasteiger partial charge in [0.25, 0.3) is 0 Å². The number of ether oxygens (including phenoxy) is 2. The van der Waals surface area contributed by atoms with Crippen molar-refractivity contribution in [2.45, 2.75) is 43.8 Å². The van der Waals surface area contributed by atoms with Crippen molar-refractivity contribution in [1.82, 2.24) is 0 Å². The lowest BCUT2D eigenvalue weighted by atomic mass is 9.50. The van der Waals surface area contributed by atoms with Crippen molar-refractivity contribution in [3.8, 4) is 0 Å². The van der Waals surface area contributed by atoms with Crippen LogP contribution in [0.25, 0.3) is 0 Å². The van der Waals surface area contributed by atoms with Crippen LogP contribution in [-0.2, 0) is 24.5 Å². The van der Waals surface area contributed by atoms with Crippen LogP contribution in [0.4, 0.5) is 4.39 Å². The summed E-state index contributed by atoms with van der Waals surface area (Å²) < 4.78 is 25.4. The molecule has 5 nitrogen and oxygen atoms in total. The number of halogens is 1. The van der Waals surface area contributed by atoms with Crippen LogP contribution < -0.4 is 0 Å². The molecule has 1 aromatic rings. The third kappa shape index (κ3) is 2.35. The van der Waals surface area contributed by atoms with Gasteiger partial charge in [-0.3, -0.25) is 9.59 Å². The van der Waals surface area contributed by atoms with E-state index in [2.05, 4.69) is 0 Å². The number of Topliss-reactive ketones (excluding diaryl/α,β-unsaturated/α-hetero) is 1. The van der Waals surface area contributed by atoms with Crippen LogP contribution >= 0.6 is 0 Å². The van der Waals surface area contributed by atoms with Crippen LogP contribution in [0.1, 0.15) is 38.2 Å². The van der Waals surface area contributed by atoms with Gasteiger partial charge in [0.15, 0.2) is 11.6 Å². The summed E-state index contributed by atoms with van der Waals surface area (Å²) in [5, 5.41) is 9.55. The first kappa shape index (κ1) is 17.6. The quantitative estimate of drug-likeness (QED) is 0.819. The number of hydrogen-bond acceptors (Lipinski definition) is 4. The molecule has 1 aliphatic heterocycles. The Morgan fingerprint density at radius 2 is 1.81 bits per heavy atom. The van der Waals surface area contributed by atoms with Crippen LogP contribution in [0.5, 0.6) is 0 Å². The molecule has 0 bridgehead atoms. The second-order valence-electron chi connectivity index (χ2n) is 7.71. The predicted octanol–water partition coefficient (Wildman–Crippen LogP) is 2.92. The highest BCUT2D eigenvalue weighted by Gasteiger charge is 2.63. The molecule has 1 N–H and O–H groups in total. The first-order valence-electron chi connectivity index (χ1n) is 9.22. The summed E-state index contributed by atoms with van der Waals surface area (Å²) in [6, 6.07) is 5.95. The van der Waals surface area contributed by atoms with Crippen molar-refractivity contribution in [2.24, 2.45) is 17.8 Å². The largest absolute Gasteiger partial charge is 0.481 e. The van der Waals surface area contributed by atoms with Crippen LogP contribution in [0.2, 0.25) is 0 Å². The summed E-state index contributed by atoms with van der Waals surface area (Å²) in [6.45, 7) is 3.10. The van der Waals surface area contributed by atoms with Crippen molar-refractivity contribution in [2.75, 3.05) is 13.2 Å². The van der Waals surface area contributed by atoms with E-state index in [4.69, 9.17) is 9.47 Å². The average molecular weight is 362 g/mol. The third-order valence-corrected chi connectivity index (χ3v) is 6.75. The number of fused-ring (bicyclic) bond motifs is 1. The molecule has 1 saturated heterocycles. The number of carbonyl (C=O) groups excluding carboxylic acids is 1. The van der Waals surface area contributed by atoms with Crippen molar-refractivity contribution < 1.29 is 28.6 Å². The van der Waals surface area contributed by atoms with Gasteiger partial charge < -0.3 is 14.6 Å². The zero-order chi connectivity index (χ0) is 18.5. The number of hydrogen-bond donors (Lipinski definition) is 1. The highest BCUT2D eigenvalue weighted by molar-refractivity contribution is 6.05. The Bertz CT molecular complexity index is 724. The molecular weight excluding hydrogens is 339 g/mol. The van der Waals surface area contributed by atoms with Gasteiger partial charge in [-0.15, -0.1) is 0 Å². The molecule has 0 radical (unpaired) electrons. The SMILES string of the molecule is C[C@H]1[C@@H]2CCC(C(=O)O)C(=O)[C@@]2(c2ccc(F)cc2)CCC12OCCO2. The molecule has 0 aromatic heterocycles. The standard InChI is InChI=1S/C20H23FO5/c1-12-16-7-6-15(18(23)24)17(22)19(16,13-2-4-14(21)5-3-13)8-9-20(12)25-10-11-26-20/h2-5,12,15-16H,6-11H2,1H3,(H,23,24)/t12-,15?,16-,19+/m0/s1. The molecule has 4 rings (SSSR count). The number of benzene rings is 1. The van der Waals surface area contributed by atoms with Crippen LogP contribution in [-0.4, -0.2) is 35.9 Å². The maximum atomic E-state index is 13.5. The molecule has 6 heteroatoms. The zero-order valence-electron chi connectivity index (χ0n) is 14.7. The molecule has 3 fully saturated rings. The van der Waals surface area contributed by atoms with Crippen molar-refractivity contribution in [1.29, 1.82) is 0 Å². The monoisotopic (exact) mass is 362 g/mol. The average Bonchev–Trinajstić information content (AvgIpc) is 3.09. The van der Waals surface area contributed by atoms with Gasteiger partial charge in [-0.25, -0.2) is 4.39 Å². The summed E-state index contributed by atoms with van der Waals surface area (Å²) in [6.07, 6.45) is 1.91.